The van der Waals surface area contributed by atoms with Gasteiger partial charge in [0.15, 0.2) is 6.61 Å². The van der Waals surface area contributed by atoms with E-state index in [1.165, 1.54) is 0 Å². The highest BCUT2D eigenvalue weighted by atomic mass is 79.9. The number of amides is 2. The van der Waals surface area contributed by atoms with E-state index in [1.54, 1.807) is 31.1 Å². The van der Waals surface area contributed by atoms with E-state index in [0.717, 1.165) is 21.2 Å². The summed E-state index contributed by atoms with van der Waals surface area (Å²) in [5.74, 6) is 0.373. The Balaban J connectivity index is 1.54. The van der Waals surface area contributed by atoms with Crippen LogP contribution in [-0.4, -0.2) is 37.4 Å². The second-order valence-corrected chi connectivity index (χ2v) is 7.86. The van der Waals surface area contributed by atoms with E-state index in [4.69, 9.17) is 4.74 Å². The molecule has 3 rings (SSSR count). The third-order valence-electron chi connectivity index (χ3n) is 4.49. The molecule has 1 N–H and O–H groups in total. The van der Waals surface area contributed by atoms with Gasteiger partial charge in [-0.05, 0) is 56.9 Å². The van der Waals surface area contributed by atoms with E-state index in [-0.39, 0.29) is 18.4 Å². The second-order valence-electron chi connectivity index (χ2n) is 7.01. The number of ether oxygens (including phenoxy) is 1. The summed E-state index contributed by atoms with van der Waals surface area (Å²) in [6.45, 7) is -0.107. The molecule has 0 heterocycles. The highest BCUT2D eigenvalue weighted by Gasteiger charge is 2.09. The Hall–Kier alpha value is -3.12. The van der Waals surface area contributed by atoms with E-state index in [2.05, 4.69) is 21.2 Å². The lowest BCUT2D eigenvalue weighted by atomic mass is 10.1. The quantitative estimate of drug-likeness (QED) is 0.545. The van der Waals surface area contributed by atoms with Gasteiger partial charge in [0.05, 0.1) is 10.9 Å². The predicted molar refractivity (Wildman–Crippen MR) is 123 cm³/mol. The molecule has 0 saturated heterocycles. The van der Waals surface area contributed by atoms with Crippen molar-refractivity contribution in [3.8, 4) is 16.9 Å². The molecule has 0 saturated carbocycles. The van der Waals surface area contributed by atoms with Gasteiger partial charge < -0.3 is 15.0 Å². The van der Waals surface area contributed by atoms with Gasteiger partial charge >= 0.3 is 0 Å². The summed E-state index contributed by atoms with van der Waals surface area (Å²) < 4.78 is 6.44. The van der Waals surface area contributed by atoms with E-state index in [0.29, 0.717) is 17.9 Å². The first-order valence-corrected chi connectivity index (χ1v) is 10.3. The lowest BCUT2D eigenvalue weighted by Crippen LogP contribution is -2.23. The first-order valence-electron chi connectivity index (χ1n) is 9.49. The molecule has 30 heavy (non-hydrogen) atoms. The third-order valence-corrected chi connectivity index (χ3v) is 5.11. The zero-order chi connectivity index (χ0) is 21.5. The van der Waals surface area contributed by atoms with Crippen molar-refractivity contribution >= 4 is 33.4 Å². The van der Waals surface area contributed by atoms with Gasteiger partial charge in [-0.25, -0.2) is 0 Å². The van der Waals surface area contributed by atoms with Crippen molar-refractivity contribution in [2.75, 3.05) is 26.0 Å². The minimum atomic E-state index is -0.258. The molecule has 0 spiro atoms. The first-order chi connectivity index (χ1) is 14.4. The number of anilines is 1. The van der Waals surface area contributed by atoms with E-state index >= 15 is 0 Å². The van der Waals surface area contributed by atoms with Crippen LogP contribution in [-0.2, 0) is 16.0 Å². The number of nitrogens with one attached hydrogen (secondary N) is 1. The number of likely N-dealkylation sites (N-methyl/N-ethyl adjacent to an activating group) is 1. The lowest BCUT2D eigenvalue weighted by molar-refractivity contribution is -0.128. The zero-order valence-electron chi connectivity index (χ0n) is 16.9. The van der Waals surface area contributed by atoms with Gasteiger partial charge in [0.2, 0.25) is 5.91 Å². The Labute approximate surface area is 184 Å². The maximum Gasteiger partial charge on any atom is 0.262 e. The Bertz CT molecular complexity index is 1020. The van der Waals surface area contributed by atoms with Crippen LogP contribution in [0, 0.1) is 0 Å². The molecule has 0 atom stereocenters. The lowest BCUT2D eigenvalue weighted by Gasteiger charge is -2.12. The number of hydrogen-bond acceptors (Lipinski definition) is 3. The maximum atomic E-state index is 12.2. The van der Waals surface area contributed by atoms with Gasteiger partial charge in [0.1, 0.15) is 5.75 Å². The molecule has 154 valence electrons. The number of hydrogen-bond donors (Lipinski definition) is 1. The topological polar surface area (TPSA) is 58.6 Å². The Morgan fingerprint density at radius 3 is 2.27 bits per heavy atom. The molecule has 5 nitrogen and oxygen atoms in total. The Morgan fingerprint density at radius 2 is 1.63 bits per heavy atom. The van der Waals surface area contributed by atoms with Gasteiger partial charge in [-0.3, -0.25) is 9.59 Å². The number of benzene rings is 3. The van der Waals surface area contributed by atoms with Gasteiger partial charge in [-0.15, -0.1) is 0 Å². The highest BCUT2D eigenvalue weighted by molar-refractivity contribution is 9.10. The van der Waals surface area contributed by atoms with Crippen LogP contribution < -0.4 is 10.1 Å². The fourth-order valence-electron chi connectivity index (χ4n) is 2.81. The number of carbonyl (C=O) groups excluding carboxylic acids is 2. The minimum absolute atomic E-state index is 0.0315. The van der Waals surface area contributed by atoms with Gasteiger partial charge in [-0.1, -0.05) is 48.5 Å². The molecule has 0 fully saturated rings. The summed E-state index contributed by atoms with van der Waals surface area (Å²) in [5, 5.41) is 2.80. The summed E-state index contributed by atoms with van der Waals surface area (Å²) in [6, 6.07) is 23.0. The molecule has 0 aliphatic carbocycles. The summed E-state index contributed by atoms with van der Waals surface area (Å²) >= 11 is 3.51. The van der Waals surface area contributed by atoms with E-state index in [1.807, 2.05) is 60.7 Å². The van der Waals surface area contributed by atoms with Crippen LogP contribution in [0.2, 0.25) is 0 Å². The average molecular weight is 467 g/mol. The molecular formula is C24H23BrN2O3. The molecule has 3 aromatic rings. The van der Waals surface area contributed by atoms with Crippen LogP contribution in [0.15, 0.2) is 77.3 Å². The molecular weight excluding hydrogens is 444 g/mol. The van der Waals surface area contributed by atoms with Crippen LogP contribution in [0.5, 0.6) is 5.75 Å². The van der Waals surface area contributed by atoms with Crippen molar-refractivity contribution in [2.45, 2.75) is 6.42 Å². The molecule has 0 unspecified atom stereocenters. The van der Waals surface area contributed by atoms with Crippen molar-refractivity contribution < 1.29 is 14.3 Å². The maximum absolute atomic E-state index is 12.2. The molecule has 0 aliphatic heterocycles. The summed E-state index contributed by atoms with van der Waals surface area (Å²) in [5.41, 5.74) is 3.72. The number of halogens is 1. The van der Waals surface area contributed by atoms with Crippen LogP contribution >= 0.6 is 15.9 Å². The van der Waals surface area contributed by atoms with Crippen LogP contribution in [0.3, 0.4) is 0 Å². The van der Waals surface area contributed by atoms with Crippen molar-refractivity contribution in [1.82, 2.24) is 4.90 Å². The molecule has 0 aromatic heterocycles. The fourth-order valence-corrected chi connectivity index (χ4v) is 3.30. The normalized spacial score (nSPS) is 10.4. The van der Waals surface area contributed by atoms with Crippen LogP contribution in [0.1, 0.15) is 5.56 Å². The van der Waals surface area contributed by atoms with Gasteiger partial charge in [0, 0.05) is 19.8 Å². The van der Waals surface area contributed by atoms with E-state index < -0.39 is 0 Å². The monoisotopic (exact) mass is 466 g/mol. The Morgan fingerprint density at radius 1 is 0.933 bits per heavy atom. The van der Waals surface area contributed by atoms with Crippen LogP contribution in [0.25, 0.3) is 11.1 Å². The standard InChI is InChI=1S/C24H23BrN2O3/c1-27(2)24(29)14-17-8-11-20(12-9-17)26-23(28)16-30-22-13-10-19(15-21(22)25)18-6-4-3-5-7-18/h3-13,15H,14,16H2,1-2H3,(H,26,28). The van der Waals surface area contributed by atoms with E-state index in [9.17, 15) is 9.59 Å². The minimum Gasteiger partial charge on any atom is -0.483 e. The predicted octanol–water partition coefficient (Wildman–Crippen LogP) is 4.76. The number of rotatable bonds is 7. The fraction of sp³-hybridized carbons (Fsp3) is 0.167. The molecule has 6 heteroatoms. The van der Waals surface area contributed by atoms with Crippen molar-refractivity contribution in [3.05, 3.63) is 82.8 Å². The molecule has 0 radical (unpaired) electrons. The number of nitrogens with zero attached hydrogens (tertiary/aromatic N) is 1. The third kappa shape index (κ3) is 5.94. The van der Waals surface area contributed by atoms with Crippen LogP contribution in [0.4, 0.5) is 5.69 Å². The molecule has 3 aromatic carbocycles. The Kier molecular flexibility index (Phi) is 7.25. The second kappa shape index (κ2) is 10.1. The van der Waals surface area contributed by atoms with Crippen molar-refractivity contribution in [1.29, 1.82) is 0 Å². The van der Waals surface area contributed by atoms with Crippen molar-refractivity contribution in [2.24, 2.45) is 0 Å². The summed E-state index contributed by atoms with van der Waals surface area (Å²) in [7, 11) is 3.45. The molecule has 0 bridgehead atoms. The largest absolute Gasteiger partial charge is 0.483 e. The number of carbonyl (C=O) groups is 2. The highest BCUT2D eigenvalue weighted by Crippen LogP contribution is 2.30. The summed E-state index contributed by atoms with van der Waals surface area (Å²) in [4.78, 5) is 25.5. The SMILES string of the molecule is CN(C)C(=O)Cc1ccc(NC(=O)COc2ccc(-c3ccccc3)cc2Br)cc1. The van der Waals surface area contributed by atoms with Gasteiger partial charge in [-0.2, -0.15) is 0 Å². The zero-order valence-corrected chi connectivity index (χ0v) is 18.5. The molecule has 2 amide bonds. The molecule has 0 aliphatic rings. The van der Waals surface area contributed by atoms with Gasteiger partial charge in [0.25, 0.3) is 5.91 Å². The average Bonchev–Trinajstić information content (AvgIpc) is 2.74. The van der Waals surface area contributed by atoms with Crippen molar-refractivity contribution in [3.63, 3.8) is 0 Å². The first kappa shape index (κ1) is 21.6. The smallest absolute Gasteiger partial charge is 0.262 e. The summed E-state index contributed by atoms with van der Waals surface area (Å²) in [6.07, 6.45) is 0.331.